The summed E-state index contributed by atoms with van der Waals surface area (Å²) in [6.07, 6.45) is 5.13. The summed E-state index contributed by atoms with van der Waals surface area (Å²) >= 11 is 0. The van der Waals surface area contributed by atoms with E-state index in [4.69, 9.17) is 9.47 Å². The summed E-state index contributed by atoms with van der Waals surface area (Å²) < 4.78 is 25.4. The van der Waals surface area contributed by atoms with E-state index in [-0.39, 0.29) is 12.5 Å². The van der Waals surface area contributed by atoms with Crippen molar-refractivity contribution in [2.75, 3.05) is 13.7 Å². The molecule has 2 aromatic heterocycles. The minimum absolute atomic E-state index is 0.0553. The maximum absolute atomic E-state index is 14.1. The number of ether oxygens (including phenoxy) is 2. The molecule has 0 bridgehead atoms. The van der Waals surface area contributed by atoms with Gasteiger partial charge in [-0.25, -0.2) is 14.4 Å². The summed E-state index contributed by atoms with van der Waals surface area (Å²) in [6.45, 7) is 1.89. The van der Waals surface area contributed by atoms with Crippen LogP contribution in [0.3, 0.4) is 0 Å². The van der Waals surface area contributed by atoms with E-state index in [0.717, 1.165) is 0 Å². The van der Waals surface area contributed by atoms with Crippen LogP contribution in [0.2, 0.25) is 0 Å². The van der Waals surface area contributed by atoms with Gasteiger partial charge in [-0.15, -0.1) is 0 Å². The van der Waals surface area contributed by atoms with Crippen molar-refractivity contribution in [1.82, 2.24) is 20.3 Å². The summed E-state index contributed by atoms with van der Waals surface area (Å²) in [7, 11) is 1.47. The molecule has 3 aromatic rings. The SMILES string of the molecule is CC[C@@H]1[C@H](F)C(=O)N[C@@H]1COc1ncc(C#Cc2cnccn2)c2cc(C#N)c(OC)cc12. The number of carbonyl (C=O) groups excluding carboxylic acids is 1. The zero-order chi connectivity index (χ0) is 23.4. The van der Waals surface area contributed by atoms with Crippen molar-refractivity contribution >= 4 is 16.7 Å². The number of nitrogens with zero attached hydrogens (tertiary/aromatic N) is 4. The van der Waals surface area contributed by atoms with Crippen molar-refractivity contribution in [2.45, 2.75) is 25.6 Å². The van der Waals surface area contributed by atoms with Crippen LogP contribution in [0.4, 0.5) is 4.39 Å². The Balaban J connectivity index is 1.73. The van der Waals surface area contributed by atoms with Gasteiger partial charge >= 0.3 is 0 Å². The Morgan fingerprint density at radius 2 is 2.00 bits per heavy atom. The van der Waals surface area contributed by atoms with E-state index in [1.165, 1.54) is 13.3 Å². The van der Waals surface area contributed by atoms with Crippen LogP contribution in [0.15, 0.2) is 36.9 Å². The molecule has 9 heteroatoms. The highest BCUT2D eigenvalue weighted by atomic mass is 19.1. The van der Waals surface area contributed by atoms with E-state index in [0.29, 0.717) is 39.8 Å². The Morgan fingerprint density at radius 3 is 2.70 bits per heavy atom. The van der Waals surface area contributed by atoms with Crippen LogP contribution in [0, 0.1) is 29.1 Å². The van der Waals surface area contributed by atoms with Crippen molar-refractivity contribution < 1.29 is 18.7 Å². The maximum atomic E-state index is 14.1. The van der Waals surface area contributed by atoms with E-state index < -0.39 is 24.0 Å². The van der Waals surface area contributed by atoms with Gasteiger partial charge in [0.25, 0.3) is 5.91 Å². The Bertz CT molecular complexity index is 1300. The summed E-state index contributed by atoms with van der Waals surface area (Å²) in [5.41, 5.74) is 1.38. The number of benzene rings is 1. The molecule has 1 amide bonds. The van der Waals surface area contributed by atoms with E-state index in [9.17, 15) is 14.4 Å². The minimum atomic E-state index is -1.55. The molecular weight excluding hydrogens is 425 g/mol. The molecule has 8 nitrogen and oxygen atoms in total. The zero-order valence-electron chi connectivity index (χ0n) is 18.0. The lowest BCUT2D eigenvalue weighted by Gasteiger charge is -2.19. The fraction of sp³-hybridized carbons (Fsp3) is 0.292. The Labute approximate surface area is 189 Å². The average molecular weight is 445 g/mol. The minimum Gasteiger partial charge on any atom is -0.495 e. The average Bonchev–Trinajstić information content (AvgIpc) is 3.13. The summed E-state index contributed by atoms with van der Waals surface area (Å²) in [4.78, 5) is 24.3. The smallest absolute Gasteiger partial charge is 0.255 e. The lowest BCUT2D eigenvalue weighted by Crippen LogP contribution is -2.34. The maximum Gasteiger partial charge on any atom is 0.255 e. The van der Waals surface area contributed by atoms with Gasteiger partial charge < -0.3 is 14.8 Å². The quantitative estimate of drug-likeness (QED) is 0.601. The molecule has 4 rings (SSSR count). The van der Waals surface area contributed by atoms with E-state index in [2.05, 4.69) is 38.2 Å². The number of fused-ring (bicyclic) bond motifs is 1. The standard InChI is InChI=1S/C24H20FN5O3/c1-3-17-20(30-23(31)22(17)25)13-33-24-19-9-21(32-2)15(10-26)8-18(19)14(11-29-24)4-5-16-12-27-6-7-28-16/h6-9,11-12,17,20,22H,3,13H2,1-2H3,(H,30,31)/t17-,20+,22-/m0/s1. The molecule has 0 radical (unpaired) electrons. The highest BCUT2D eigenvalue weighted by Crippen LogP contribution is 2.33. The van der Waals surface area contributed by atoms with Crippen LogP contribution in [0.5, 0.6) is 11.6 Å². The van der Waals surface area contributed by atoms with Gasteiger partial charge in [0.15, 0.2) is 6.17 Å². The molecule has 1 saturated heterocycles. The third-order valence-corrected chi connectivity index (χ3v) is 5.52. The number of methoxy groups -OCH3 is 1. The molecule has 166 valence electrons. The molecule has 1 aromatic carbocycles. The number of pyridine rings is 1. The second kappa shape index (κ2) is 9.49. The fourth-order valence-electron chi connectivity index (χ4n) is 3.80. The molecule has 1 aliphatic rings. The highest BCUT2D eigenvalue weighted by Gasteiger charge is 2.41. The van der Waals surface area contributed by atoms with Crippen LogP contribution in [0.25, 0.3) is 10.8 Å². The van der Waals surface area contributed by atoms with Crippen LogP contribution in [-0.2, 0) is 4.79 Å². The number of rotatable bonds is 5. The Morgan fingerprint density at radius 1 is 1.15 bits per heavy atom. The largest absolute Gasteiger partial charge is 0.495 e. The first-order valence-electron chi connectivity index (χ1n) is 10.3. The molecule has 3 atom stereocenters. The monoisotopic (exact) mass is 445 g/mol. The summed E-state index contributed by atoms with van der Waals surface area (Å²) in [6, 6.07) is 4.97. The molecule has 33 heavy (non-hydrogen) atoms. The first-order chi connectivity index (χ1) is 16.0. The van der Waals surface area contributed by atoms with Gasteiger partial charge in [-0.1, -0.05) is 12.8 Å². The molecule has 0 unspecified atom stereocenters. The van der Waals surface area contributed by atoms with Crippen molar-refractivity contribution in [3.8, 4) is 29.5 Å². The first-order valence-corrected chi connectivity index (χ1v) is 10.3. The van der Waals surface area contributed by atoms with Crippen LogP contribution >= 0.6 is 0 Å². The normalized spacial score (nSPS) is 19.3. The third-order valence-electron chi connectivity index (χ3n) is 5.52. The van der Waals surface area contributed by atoms with Crippen molar-refractivity contribution in [1.29, 1.82) is 5.26 Å². The number of carbonyl (C=O) groups is 1. The first kappa shape index (κ1) is 22.0. The van der Waals surface area contributed by atoms with Crippen molar-refractivity contribution in [2.24, 2.45) is 5.92 Å². The fourth-order valence-corrected chi connectivity index (χ4v) is 3.80. The second-order valence-corrected chi connectivity index (χ2v) is 7.43. The number of alkyl halides is 1. The number of amides is 1. The summed E-state index contributed by atoms with van der Waals surface area (Å²) in [5.74, 6) is 5.48. The number of hydrogen-bond donors (Lipinski definition) is 1. The third kappa shape index (κ3) is 4.39. The van der Waals surface area contributed by atoms with E-state index in [1.54, 1.807) is 30.7 Å². The van der Waals surface area contributed by atoms with E-state index in [1.807, 2.05) is 6.92 Å². The van der Waals surface area contributed by atoms with Gasteiger partial charge in [0.05, 0.1) is 30.5 Å². The molecule has 3 heterocycles. The number of aromatic nitrogens is 3. The van der Waals surface area contributed by atoms with Gasteiger partial charge in [-0.05, 0) is 24.5 Å². The van der Waals surface area contributed by atoms with E-state index >= 15 is 0 Å². The molecule has 1 N–H and O–H groups in total. The second-order valence-electron chi connectivity index (χ2n) is 7.43. The van der Waals surface area contributed by atoms with Gasteiger partial charge in [0.1, 0.15) is 24.1 Å². The predicted octanol–water partition coefficient (Wildman–Crippen LogP) is 2.55. The molecule has 0 spiro atoms. The van der Waals surface area contributed by atoms with Crippen molar-refractivity contribution in [3.63, 3.8) is 0 Å². The number of nitriles is 1. The highest BCUT2D eigenvalue weighted by molar-refractivity contribution is 5.94. The topological polar surface area (TPSA) is 110 Å². The van der Waals surface area contributed by atoms with Gasteiger partial charge in [-0.3, -0.25) is 9.78 Å². The lowest BCUT2D eigenvalue weighted by atomic mass is 9.97. The molecular formula is C24H20FN5O3. The Hall–Kier alpha value is -4.24. The van der Waals surface area contributed by atoms with Gasteiger partial charge in [0, 0.05) is 35.3 Å². The predicted molar refractivity (Wildman–Crippen MR) is 117 cm³/mol. The lowest BCUT2D eigenvalue weighted by molar-refractivity contribution is -0.123. The number of hydrogen-bond acceptors (Lipinski definition) is 7. The number of nitrogens with one attached hydrogen (secondary N) is 1. The van der Waals surface area contributed by atoms with Gasteiger partial charge in [-0.2, -0.15) is 5.26 Å². The summed E-state index contributed by atoms with van der Waals surface area (Å²) in [5, 5.41) is 13.4. The van der Waals surface area contributed by atoms with Gasteiger partial charge in [0.2, 0.25) is 5.88 Å². The molecule has 1 fully saturated rings. The van der Waals surface area contributed by atoms with Crippen LogP contribution in [0.1, 0.15) is 30.2 Å². The van der Waals surface area contributed by atoms with Crippen LogP contribution in [-0.4, -0.2) is 46.8 Å². The van der Waals surface area contributed by atoms with Crippen LogP contribution < -0.4 is 14.8 Å². The zero-order valence-corrected chi connectivity index (χ0v) is 18.0. The molecule has 0 saturated carbocycles. The number of halogens is 1. The van der Waals surface area contributed by atoms with Crippen molar-refractivity contribution in [3.05, 3.63) is 53.7 Å². The molecule has 0 aliphatic carbocycles. The Kier molecular flexibility index (Phi) is 6.32. The molecule has 1 aliphatic heterocycles.